The monoisotopic (exact) mass is 746 g/mol. The van der Waals surface area contributed by atoms with Crippen LogP contribution in [0, 0.1) is 23.7 Å². The van der Waals surface area contributed by atoms with Crippen molar-refractivity contribution in [1.82, 2.24) is 14.9 Å². The van der Waals surface area contributed by atoms with Crippen LogP contribution in [0.3, 0.4) is 0 Å². The standard InChI is InChI=1S/C34H27Cl2F3N4O8/c35-17-3-1-15(2-4-17)33-22(30(48)43(32(33)50)41-28-23(36)11-16(13-40-28)34(37,38)39)12-21-19(27(33)24-8-5-18(14-44)51-24)6-7-20-26(21)31(49)42(29(20)47)10-9-25(45)46/h1-6,8,11,13,20-22,26-27,44H,7,9-10,12,14H2,(H,40,41)(H,45,46). The third kappa shape index (κ3) is 5.40. The van der Waals surface area contributed by atoms with Crippen LogP contribution >= 0.6 is 23.2 Å². The fraction of sp³-hybridized carbons (Fsp3) is 0.353. The molecule has 3 aromatic rings. The molecule has 0 radical (unpaired) electrons. The van der Waals surface area contributed by atoms with Crippen LogP contribution in [0.25, 0.3) is 0 Å². The number of imide groups is 2. The molecule has 4 heterocycles. The van der Waals surface area contributed by atoms with Gasteiger partial charge in [-0.1, -0.05) is 47.0 Å². The zero-order chi connectivity index (χ0) is 36.6. The number of alkyl halides is 3. The van der Waals surface area contributed by atoms with Gasteiger partial charge < -0.3 is 14.6 Å². The third-order valence-corrected chi connectivity index (χ3v) is 10.9. The Kier molecular flexibility index (Phi) is 8.50. The molecule has 12 nitrogen and oxygen atoms in total. The number of benzene rings is 1. The average molecular weight is 748 g/mol. The zero-order valence-corrected chi connectivity index (χ0v) is 27.7. The van der Waals surface area contributed by atoms with E-state index in [2.05, 4.69) is 10.4 Å². The lowest BCUT2D eigenvalue weighted by atomic mass is 9.50. The molecule has 3 N–H and O–H groups in total. The summed E-state index contributed by atoms with van der Waals surface area (Å²) >= 11 is 12.4. The molecular formula is C34H27Cl2F3N4O8. The summed E-state index contributed by atoms with van der Waals surface area (Å²) in [4.78, 5) is 73.0. The number of halogens is 5. The number of amides is 4. The molecule has 0 spiro atoms. The first-order valence-electron chi connectivity index (χ1n) is 15.8. The van der Waals surface area contributed by atoms with Crippen molar-refractivity contribution in [3.63, 3.8) is 0 Å². The first-order valence-corrected chi connectivity index (χ1v) is 16.5. The number of likely N-dealkylation sites (tertiary alicyclic amines) is 1. The van der Waals surface area contributed by atoms with Gasteiger partial charge >= 0.3 is 12.1 Å². The maximum Gasteiger partial charge on any atom is 0.417 e. The number of pyridine rings is 1. The van der Waals surface area contributed by atoms with Crippen LogP contribution < -0.4 is 5.43 Å². The molecule has 2 aliphatic carbocycles. The van der Waals surface area contributed by atoms with E-state index in [-0.39, 0.29) is 30.9 Å². The highest BCUT2D eigenvalue weighted by atomic mass is 35.5. The Hall–Kier alpha value is -4.73. The van der Waals surface area contributed by atoms with Gasteiger partial charge in [0.25, 0.3) is 11.8 Å². The number of carbonyl (C=O) groups excluding carboxylic acids is 4. The molecule has 4 amide bonds. The van der Waals surface area contributed by atoms with Crippen molar-refractivity contribution >= 4 is 58.6 Å². The van der Waals surface area contributed by atoms with Crippen LogP contribution in [0.1, 0.15) is 47.8 Å². The molecule has 2 aliphatic heterocycles. The van der Waals surface area contributed by atoms with Gasteiger partial charge in [-0.25, -0.2) is 4.98 Å². The predicted molar refractivity (Wildman–Crippen MR) is 170 cm³/mol. The Morgan fingerprint density at radius 1 is 1.04 bits per heavy atom. The molecule has 51 heavy (non-hydrogen) atoms. The number of fused-ring (bicyclic) bond motifs is 4. The smallest absolute Gasteiger partial charge is 0.417 e. The molecule has 3 fully saturated rings. The van der Waals surface area contributed by atoms with Crippen LogP contribution in [0.5, 0.6) is 0 Å². The lowest BCUT2D eigenvalue weighted by Crippen LogP contribution is -2.53. The number of nitrogens with zero attached hydrogens (tertiary/aromatic N) is 3. The number of aliphatic hydroxyl groups excluding tert-OH is 1. The van der Waals surface area contributed by atoms with E-state index < -0.39 is 100 Å². The van der Waals surface area contributed by atoms with E-state index in [0.717, 1.165) is 4.90 Å². The number of rotatable bonds is 8. The highest BCUT2D eigenvalue weighted by Gasteiger charge is 2.71. The number of aliphatic carboxylic acids is 1. The van der Waals surface area contributed by atoms with E-state index >= 15 is 4.79 Å². The van der Waals surface area contributed by atoms with Gasteiger partial charge in [0, 0.05) is 17.8 Å². The van der Waals surface area contributed by atoms with Gasteiger partial charge in [0.1, 0.15) is 23.5 Å². The minimum absolute atomic E-state index is 0.0747. The fourth-order valence-electron chi connectivity index (χ4n) is 8.22. The van der Waals surface area contributed by atoms with E-state index in [4.69, 9.17) is 27.6 Å². The van der Waals surface area contributed by atoms with E-state index in [1.165, 1.54) is 18.2 Å². The molecule has 17 heteroatoms. The minimum atomic E-state index is -4.77. The van der Waals surface area contributed by atoms with Crippen LogP contribution in [0.15, 0.2) is 64.7 Å². The molecule has 6 unspecified atom stereocenters. The average Bonchev–Trinajstić information content (AvgIpc) is 3.72. The second-order valence-corrected chi connectivity index (χ2v) is 13.7. The number of carbonyl (C=O) groups is 5. The van der Waals surface area contributed by atoms with E-state index in [1.54, 1.807) is 24.3 Å². The lowest BCUT2D eigenvalue weighted by molar-refractivity contribution is -0.143. The molecule has 2 aromatic heterocycles. The number of hydrogen-bond donors (Lipinski definition) is 3. The molecule has 0 bridgehead atoms. The van der Waals surface area contributed by atoms with Gasteiger partial charge in [0.05, 0.1) is 40.7 Å². The van der Waals surface area contributed by atoms with Crippen molar-refractivity contribution in [2.75, 3.05) is 12.0 Å². The largest absolute Gasteiger partial charge is 0.481 e. The lowest BCUT2D eigenvalue weighted by Gasteiger charge is -2.49. The summed E-state index contributed by atoms with van der Waals surface area (Å²) in [5.41, 5.74) is 0.436. The zero-order valence-electron chi connectivity index (χ0n) is 26.2. The number of carboxylic acids is 1. The number of carboxylic acid groups (broad SMARTS) is 1. The van der Waals surface area contributed by atoms with Crippen LogP contribution in [0.2, 0.25) is 10.0 Å². The second kappa shape index (κ2) is 12.5. The predicted octanol–water partition coefficient (Wildman–Crippen LogP) is 4.95. The van der Waals surface area contributed by atoms with Crippen molar-refractivity contribution in [2.24, 2.45) is 23.7 Å². The number of hydrogen-bond acceptors (Lipinski definition) is 9. The van der Waals surface area contributed by atoms with E-state index in [1.807, 2.05) is 0 Å². The van der Waals surface area contributed by atoms with Crippen molar-refractivity contribution in [1.29, 1.82) is 0 Å². The molecule has 7 rings (SSSR count). The summed E-state index contributed by atoms with van der Waals surface area (Å²) in [6, 6.07) is 9.84. The van der Waals surface area contributed by atoms with Crippen LogP contribution in [0.4, 0.5) is 19.0 Å². The van der Waals surface area contributed by atoms with Crippen LogP contribution in [-0.2, 0) is 42.2 Å². The summed E-state index contributed by atoms with van der Waals surface area (Å²) in [6.07, 6.45) is -3.03. The number of anilines is 1. The topological polar surface area (TPSA) is 170 Å². The number of nitrogens with one attached hydrogen (secondary N) is 1. The van der Waals surface area contributed by atoms with Gasteiger partial charge in [-0.05, 0) is 54.7 Å². The number of furan rings is 1. The van der Waals surface area contributed by atoms with Crippen molar-refractivity contribution in [2.45, 2.75) is 43.4 Å². The quantitative estimate of drug-likeness (QED) is 0.212. The Morgan fingerprint density at radius 3 is 2.39 bits per heavy atom. The normalized spacial score (nSPS) is 27.3. The Balaban J connectivity index is 1.39. The molecule has 6 atom stereocenters. The molecular weight excluding hydrogens is 720 g/mol. The van der Waals surface area contributed by atoms with E-state index in [9.17, 15) is 42.6 Å². The number of hydrazine groups is 1. The summed E-state index contributed by atoms with van der Waals surface area (Å²) in [6.45, 7) is -0.834. The highest BCUT2D eigenvalue weighted by molar-refractivity contribution is 6.33. The van der Waals surface area contributed by atoms with Gasteiger partial charge in [0.2, 0.25) is 11.8 Å². The highest BCUT2D eigenvalue weighted by Crippen LogP contribution is 2.64. The summed E-state index contributed by atoms with van der Waals surface area (Å²) in [5.74, 6) is -9.04. The maximum absolute atomic E-state index is 15.0. The molecule has 4 aliphatic rings. The first-order chi connectivity index (χ1) is 24.2. The summed E-state index contributed by atoms with van der Waals surface area (Å²) in [5, 5.41) is 19.6. The molecule has 266 valence electrons. The first kappa shape index (κ1) is 34.7. The van der Waals surface area contributed by atoms with Crippen molar-refractivity contribution in [3.8, 4) is 0 Å². The van der Waals surface area contributed by atoms with Crippen molar-refractivity contribution in [3.05, 3.63) is 93.0 Å². The van der Waals surface area contributed by atoms with Gasteiger partial charge in [-0.3, -0.25) is 34.3 Å². The van der Waals surface area contributed by atoms with E-state index in [0.29, 0.717) is 33.4 Å². The molecule has 2 saturated heterocycles. The van der Waals surface area contributed by atoms with Gasteiger partial charge in [0.15, 0.2) is 5.82 Å². The maximum atomic E-state index is 15.0. The number of allylic oxidation sites excluding steroid dienone is 2. The number of aromatic nitrogens is 1. The van der Waals surface area contributed by atoms with Crippen molar-refractivity contribution < 1.29 is 51.8 Å². The van der Waals surface area contributed by atoms with Gasteiger partial charge in [-0.2, -0.15) is 18.2 Å². The second-order valence-electron chi connectivity index (χ2n) is 12.9. The fourth-order valence-corrected chi connectivity index (χ4v) is 8.55. The summed E-state index contributed by atoms with van der Waals surface area (Å²) in [7, 11) is 0. The van der Waals surface area contributed by atoms with Gasteiger partial charge in [-0.15, -0.1) is 0 Å². The molecule has 1 aromatic carbocycles. The Morgan fingerprint density at radius 2 is 1.76 bits per heavy atom. The minimum Gasteiger partial charge on any atom is -0.481 e. The van der Waals surface area contributed by atoms with Crippen LogP contribution in [-0.4, -0.2) is 61.2 Å². The number of aliphatic hydroxyl groups is 1. The SMILES string of the molecule is O=C(O)CCN1C(=O)C2CC=C3C(CC4C(=O)N(Nc5ncc(C(F)(F)F)cc5Cl)C(=O)C4(c4ccc(Cl)cc4)C3c3ccc(CO)o3)C2C1=O. The third-order valence-electron chi connectivity index (χ3n) is 10.3. The summed E-state index contributed by atoms with van der Waals surface area (Å²) < 4.78 is 46.2. The Bertz CT molecular complexity index is 2020. The molecule has 1 saturated carbocycles. The Labute approximate surface area is 296 Å².